The highest BCUT2D eigenvalue weighted by molar-refractivity contribution is 6.33. The molecule has 2 aromatic carbocycles. The number of aryl methyl sites for hydroxylation is 3. The molecular formula is C21H18ClN5O. The third kappa shape index (κ3) is 4.45. The summed E-state index contributed by atoms with van der Waals surface area (Å²) in [5.41, 5.74) is 4.10. The molecular weight excluding hydrogens is 374 g/mol. The minimum absolute atomic E-state index is 0.222. The predicted molar refractivity (Wildman–Crippen MR) is 110 cm³/mol. The summed E-state index contributed by atoms with van der Waals surface area (Å²) >= 11 is 6.35. The van der Waals surface area contributed by atoms with Crippen LogP contribution in [0.15, 0.2) is 42.5 Å². The molecule has 0 radical (unpaired) electrons. The van der Waals surface area contributed by atoms with Crippen molar-refractivity contribution in [2.24, 2.45) is 0 Å². The van der Waals surface area contributed by atoms with Gasteiger partial charge in [0.15, 0.2) is 0 Å². The SMILES string of the molecule is Cc1cc(C)c(Nc2cc(C(=O)Nc3ccc(C#N)cc3)nc(C)n2)c(Cl)c1. The second-order valence-corrected chi connectivity index (χ2v) is 6.80. The normalized spacial score (nSPS) is 10.2. The van der Waals surface area contributed by atoms with Gasteiger partial charge in [-0.25, -0.2) is 9.97 Å². The lowest BCUT2D eigenvalue weighted by Crippen LogP contribution is -2.15. The molecule has 0 saturated heterocycles. The Morgan fingerprint density at radius 2 is 1.79 bits per heavy atom. The lowest BCUT2D eigenvalue weighted by Gasteiger charge is -2.13. The first-order valence-electron chi connectivity index (χ1n) is 8.56. The first-order chi connectivity index (χ1) is 13.4. The van der Waals surface area contributed by atoms with E-state index in [1.807, 2.05) is 32.0 Å². The van der Waals surface area contributed by atoms with E-state index in [0.717, 1.165) is 16.8 Å². The Labute approximate surface area is 168 Å². The molecule has 7 heteroatoms. The molecule has 1 amide bonds. The van der Waals surface area contributed by atoms with Gasteiger partial charge in [-0.15, -0.1) is 0 Å². The summed E-state index contributed by atoms with van der Waals surface area (Å²) in [6.07, 6.45) is 0. The summed E-state index contributed by atoms with van der Waals surface area (Å²) in [4.78, 5) is 21.1. The quantitative estimate of drug-likeness (QED) is 0.658. The Morgan fingerprint density at radius 1 is 1.07 bits per heavy atom. The van der Waals surface area contributed by atoms with Crippen LogP contribution < -0.4 is 10.6 Å². The zero-order valence-corrected chi connectivity index (χ0v) is 16.4. The first-order valence-corrected chi connectivity index (χ1v) is 8.94. The largest absolute Gasteiger partial charge is 0.339 e. The number of amides is 1. The maximum absolute atomic E-state index is 12.6. The zero-order chi connectivity index (χ0) is 20.3. The van der Waals surface area contributed by atoms with Crippen LogP contribution in [0.25, 0.3) is 0 Å². The van der Waals surface area contributed by atoms with Gasteiger partial charge in [-0.05, 0) is 62.2 Å². The van der Waals surface area contributed by atoms with E-state index in [4.69, 9.17) is 16.9 Å². The van der Waals surface area contributed by atoms with E-state index in [0.29, 0.717) is 27.9 Å². The molecule has 1 heterocycles. The van der Waals surface area contributed by atoms with Crippen molar-refractivity contribution in [3.8, 4) is 6.07 Å². The minimum Gasteiger partial charge on any atom is -0.339 e. The summed E-state index contributed by atoms with van der Waals surface area (Å²) in [5, 5.41) is 15.4. The van der Waals surface area contributed by atoms with Crippen molar-refractivity contribution in [2.75, 3.05) is 10.6 Å². The third-order valence-corrected chi connectivity index (χ3v) is 4.33. The van der Waals surface area contributed by atoms with Gasteiger partial charge in [-0.1, -0.05) is 17.7 Å². The second kappa shape index (κ2) is 8.07. The molecule has 0 fully saturated rings. The molecule has 0 unspecified atom stereocenters. The van der Waals surface area contributed by atoms with E-state index >= 15 is 0 Å². The van der Waals surface area contributed by atoms with Crippen LogP contribution in [0.2, 0.25) is 5.02 Å². The fourth-order valence-electron chi connectivity index (χ4n) is 2.77. The van der Waals surface area contributed by atoms with Crippen LogP contribution in [0.5, 0.6) is 0 Å². The maximum atomic E-state index is 12.6. The molecule has 0 aliphatic heterocycles. The highest BCUT2D eigenvalue weighted by atomic mass is 35.5. The molecule has 140 valence electrons. The van der Waals surface area contributed by atoms with Crippen LogP contribution in [0.1, 0.15) is 33.0 Å². The summed E-state index contributed by atoms with van der Waals surface area (Å²) in [7, 11) is 0. The molecule has 28 heavy (non-hydrogen) atoms. The van der Waals surface area contributed by atoms with Crippen LogP contribution in [0, 0.1) is 32.1 Å². The first kappa shape index (κ1) is 19.3. The van der Waals surface area contributed by atoms with Crippen molar-refractivity contribution in [3.63, 3.8) is 0 Å². The molecule has 0 spiro atoms. The molecule has 2 N–H and O–H groups in total. The second-order valence-electron chi connectivity index (χ2n) is 6.39. The van der Waals surface area contributed by atoms with Gasteiger partial charge in [-0.3, -0.25) is 4.79 Å². The zero-order valence-electron chi connectivity index (χ0n) is 15.7. The lowest BCUT2D eigenvalue weighted by atomic mass is 10.1. The van der Waals surface area contributed by atoms with E-state index in [1.54, 1.807) is 37.3 Å². The maximum Gasteiger partial charge on any atom is 0.274 e. The standard InChI is InChI=1S/C21H18ClN5O/c1-12-8-13(2)20(17(22)9-12)27-19-10-18(24-14(3)25-19)21(28)26-16-6-4-15(11-23)5-7-16/h4-10H,1-3H3,(H,26,28)(H,24,25,27). The fraction of sp³-hybridized carbons (Fsp3) is 0.143. The van der Waals surface area contributed by atoms with Crippen molar-refractivity contribution in [3.05, 3.63) is 75.7 Å². The molecule has 0 aliphatic rings. The van der Waals surface area contributed by atoms with Gasteiger partial charge in [0.1, 0.15) is 17.3 Å². The fourth-order valence-corrected chi connectivity index (χ4v) is 3.14. The number of halogens is 1. The number of anilines is 3. The van der Waals surface area contributed by atoms with Gasteiger partial charge in [-0.2, -0.15) is 5.26 Å². The average Bonchev–Trinajstić information content (AvgIpc) is 2.65. The number of carbonyl (C=O) groups excluding carboxylic acids is 1. The number of nitrogens with one attached hydrogen (secondary N) is 2. The van der Waals surface area contributed by atoms with Gasteiger partial charge in [0.25, 0.3) is 5.91 Å². The van der Waals surface area contributed by atoms with E-state index in [9.17, 15) is 4.79 Å². The lowest BCUT2D eigenvalue weighted by molar-refractivity contribution is 0.102. The number of rotatable bonds is 4. The molecule has 6 nitrogen and oxygen atoms in total. The van der Waals surface area contributed by atoms with E-state index in [2.05, 4.69) is 20.6 Å². The van der Waals surface area contributed by atoms with E-state index in [-0.39, 0.29) is 11.6 Å². The summed E-state index contributed by atoms with van der Waals surface area (Å²) in [5.74, 6) is 0.562. The van der Waals surface area contributed by atoms with Gasteiger partial charge < -0.3 is 10.6 Å². The minimum atomic E-state index is -0.370. The van der Waals surface area contributed by atoms with Gasteiger partial charge in [0.05, 0.1) is 22.3 Å². The Morgan fingerprint density at radius 3 is 2.43 bits per heavy atom. The van der Waals surface area contributed by atoms with Crippen LogP contribution in [0.3, 0.4) is 0 Å². The summed E-state index contributed by atoms with van der Waals surface area (Å²) in [6, 6.07) is 14.1. The predicted octanol–water partition coefficient (Wildman–Crippen LogP) is 4.92. The molecule has 0 bridgehead atoms. The smallest absolute Gasteiger partial charge is 0.274 e. The van der Waals surface area contributed by atoms with E-state index in [1.165, 1.54) is 0 Å². The Balaban J connectivity index is 1.85. The number of nitrogens with zero attached hydrogens (tertiary/aromatic N) is 3. The van der Waals surface area contributed by atoms with E-state index < -0.39 is 0 Å². The number of aromatic nitrogens is 2. The Kier molecular flexibility index (Phi) is 5.57. The third-order valence-electron chi connectivity index (χ3n) is 4.03. The van der Waals surface area contributed by atoms with Crippen LogP contribution in [-0.2, 0) is 0 Å². The van der Waals surface area contributed by atoms with Crippen molar-refractivity contribution in [2.45, 2.75) is 20.8 Å². The number of carbonyl (C=O) groups is 1. The monoisotopic (exact) mass is 391 g/mol. The average molecular weight is 392 g/mol. The van der Waals surface area contributed by atoms with Crippen molar-refractivity contribution in [1.29, 1.82) is 5.26 Å². The number of nitriles is 1. The van der Waals surface area contributed by atoms with Crippen molar-refractivity contribution < 1.29 is 4.79 Å². The van der Waals surface area contributed by atoms with Crippen LogP contribution >= 0.6 is 11.6 Å². The van der Waals surface area contributed by atoms with Gasteiger partial charge in [0.2, 0.25) is 0 Å². The number of hydrogen-bond donors (Lipinski definition) is 2. The Hall–Kier alpha value is -3.43. The topological polar surface area (TPSA) is 90.7 Å². The number of benzene rings is 2. The molecule has 3 rings (SSSR count). The van der Waals surface area contributed by atoms with Crippen molar-refractivity contribution in [1.82, 2.24) is 9.97 Å². The van der Waals surface area contributed by atoms with Crippen LogP contribution in [0.4, 0.5) is 17.2 Å². The van der Waals surface area contributed by atoms with Gasteiger partial charge >= 0.3 is 0 Å². The molecule has 0 atom stereocenters. The Bertz CT molecular complexity index is 1060. The van der Waals surface area contributed by atoms with Gasteiger partial charge in [0, 0.05) is 11.8 Å². The summed E-state index contributed by atoms with van der Waals surface area (Å²) < 4.78 is 0. The molecule has 0 saturated carbocycles. The summed E-state index contributed by atoms with van der Waals surface area (Å²) in [6.45, 7) is 5.64. The molecule has 1 aromatic heterocycles. The number of hydrogen-bond acceptors (Lipinski definition) is 5. The van der Waals surface area contributed by atoms with Crippen molar-refractivity contribution >= 4 is 34.7 Å². The molecule has 0 aliphatic carbocycles. The molecule has 3 aromatic rings. The van der Waals surface area contributed by atoms with Crippen LogP contribution in [-0.4, -0.2) is 15.9 Å². The highest BCUT2D eigenvalue weighted by Gasteiger charge is 2.13. The highest BCUT2D eigenvalue weighted by Crippen LogP contribution is 2.30.